The predicted molar refractivity (Wildman–Crippen MR) is 175 cm³/mol. The molecule has 0 radical (unpaired) electrons. The van der Waals surface area contributed by atoms with Crippen LogP contribution in [0.5, 0.6) is 11.5 Å². The summed E-state index contributed by atoms with van der Waals surface area (Å²) >= 11 is 0. The normalized spacial score (nSPS) is 13.9. The Morgan fingerprint density at radius 1 is 0.867 bits per heavy atom. The Kier molecular flexibility index (Phi) is 10.9. The average molecular weight is 659 g/mol. The monoisotopic (exact) mass is 658 g/mol. The summed E-state index contributed by atoms with van der Waals surface area (Å²) in [5.41, 5.74) is 1.69. The van der Waals surface area contributed by atoms with Gasteiger partial charge >= 0.3 is 7.60 Å². The highest BCUT2D eigenvalue weighted by molar-refractivity contribution is 7.53. The van der Waals surface area contributed by atoms with E-state index in [0.29, 0.717) is 16.5 Å². The average Bonchev–Trinajstić information content (AvgIpc) is 3.22. The first-order valence-corrected chi connectivity index (χ1v) is 19.4. The van der Waals surface area contributed by atoms with Gasteiger partial charge in [-0.25, -0.2) is 4.39 Å². The van der Waals surface area contributed by atoms with Crippen LogP contribution in [-0.2, 0) is 20.2 Å². The number of carbonyl (C=O) groups is 2. The number of benzene rings is 2. The summed E-state index contributed by atoms with van der Waals surface area (Å²) in [6, 6.07) is 9.17. The minimum Gasteiger partial charge on any atom is -0.541 e. The largest absolute Gasteiger partial charge is 0.541 e. The number of fused-ring (bicyclic) bond motifs is 2. The van der Waals surface area contributed by atoms with Crippen molar-refractivity contribution in [2.24, 2.45) is 0 Å². The lowest BCUT2D eigenvalue weighted by molar-refractivity contribution is 0.0640. The summed E-state index contributed by atoms with van der Waals surface area (Å²) in [5.74, 6) is -1.08. The summed E-state index contributed by atoms with van der Waals surface area (Å²) < 4.78 is 51.1. The van der Waals surface area contributed by atoms with Crippen molar-refractivity contribution in [3.63, 3.8) is 0 Å². The Morgan fingerprint density at radius 3 is 1.96 bits per heavy atom. The molecule has 0 saturated carbocycles. The van der Waals surface area contributed by atoms with Gasteiger partial charge in [-0.3, -0.25) is 24.0 Å². The molecule has 12 heteroatoms. The van der Waals surface area contributed by atoms with Crippen LogP contribution in [0, 0.1) is 5.82 Å². The molecule has 0 unspecified atom stereocenters. The summed E-state index contributed by atoms with van der Waals surface area (Å²) in [6.07, 6.45) is 1.56. The van der Waals surface area contributed by atoms with E-state index in [2.05, 4.69) is 46.5 Å². The van der Waals surface area contributed by atoms with Crippen LogP contribution < -0.4 is 9.16 Å². The van der Waals surface area contributed by atoms with E-state index in [1.807, 2.05) is 0 Å². The van der Waals surface area contributed by atoms with Crippen molar-refractivity contribution in [3.05, 3.63) is 65.1 Å². The molecule has 1 aromatic heterocycles. The van der Waals surface area contributed by atoms with Gasteiger partial charge in [0.1, 0.15) is 22.8 Å². The van der Waals surface area contributed by atoms with Gasteiger partial charge in [0, 0.05) is 11.6 Å². The second kappa shape index (κ2) is 14.1. The number of halogens is 1. The number of amides is 2. The third kappa shape index (κ3) is 6.72. The minimum atomic E-state index is -3.45. The zero-order valence-electron chi connectivity index (χ0n) is 27.4. The Bertz CT molecular complexity index is 1560. The second-order valence-corrected chi connectivity index (χ2v) is 19.6. The maximum absolute atomic E-state index is 14.3. The Morgan fingerprint density at radius 2 is 1.42 bits per heavy atom. The SMILES string of the molecule is CCOP(=O)(CCOc1c2c(c(O[Si](C(C)C)(C(C)C)C(C)C)c3ncccc13)C(=O)N(Cc1ccc(F)cc1)C2=O)OCC. The molecule has 3 aromatic rings. The number of rotatable bonds is 15. The molecule has 0 fully saturated rings. The number of ether oxygens (including phenoxy) is 1. The zero-order valence-corrected chi connectivity index (χ0v) is 29.3. The molecule has 0 atom stereocenters. The Hall–Kier alpha value is -3.11. The van der Waals surface area contributed by atoms with Gasteiger partial charge in [0.05, 0.1) is 43.7 Å². The van der Waals surface area contributed by atoms with Crippen LogP contribution in [0.3, 0.4) is 0 Å². The molecule has 2 heterocycles. The van der Waals surface area contributed by atoms with Crippen LogP contribution >= 0.6 is 7.60 Å². The summed E-state index contributed by atoms with van der Waals surface area (Å²) in [5, 5.41) is 0.498. The van der Waals surface area contributed by atoms with Gasteiger partial charge in [0.25, 0.3) is 20.1 Å². The molecule has 0 spiro atoms. The Balaban J connectivity index is 1.92. The standard InChI is InChI=1S/C33H44FN2O7PSi/c1-9-41-44(39,42-10-2)19-18-40-30-26-12-11-17-35-29(26)31(43-45(21(3)4,22(5)6)23(7)8)28-27(30)32(37)36(33(28)38)20-24-13-15-25(34)16-14-24/h11-17,21-23H,9-10,18-20H2,1-8H3. The number of hydrogen-bond acceptors (Lipinski definition) is 8. The lowest BCUT2D eigenvalue weighted by atomic mass is 10.0. The fourth-order valence-electron chi connectivity index (χ4n) is 6.53. The van der Waals surface area contributed by atoms with E-state index in [1.54, 1.807) is 44.3 Å². The smallest absolute Gasteiger partial charge is 0.334 e. The van der Waals surface area contributed by atoms with Gasteiger partial charge in [0.15, 0.2) is 0 Å². The van der Waals surface area contributed by atoms with Crippen LogP contribution in [0.1, 0.15) is 81.7 Å². The van der Waals surface area contributed by atoms with E-state index in [-0.39, 0.29) is 71.8 Å². The van der Waals surface area contributed by atoms with Gasteiger partial charge in [-0.2, -0.15) is 0 Å². The molecule has 4 rings (SSSR count). The van der Waals surface area contributed by atoms with E-state index in [0.717, 1.165) is 4.90 Å². The maximum Gasteiger partial charge on any atom is 0.334 e. The van der Waals surface area contributed by atoms with Gasteiger partial charge in [-0.1, -0.05) is 53.7 Å². The molecule has 0 saturated heterocycles. The number of pyridine rings is 1. The van der Waals surface area contributed by atoms with E-state index in [4.69, 9.17) is 18.2 Å². The quantitative estimate of drug-likeness (QED) is 0.0912. The van der Waals surface area contributed by atoms with Crippen molar-refractivity contribution in [3.8, 4) is 11.5 Å². The molecular weight excluding hydrogens is 614 g/mol. The van der Waals surface area contributed by atoms with Crippen LogP contribution in [-0.4, -0.2) is 56.0 Å². The Labute approximate surface area is 266 Å². The number of imide groups is 1. The molecule has 45 heavy (non-hydrogen) atoms. The molecule has 2 aromatic carbocycles. The van der Waals surface area contributed by atoms with Crippen molar-refractivity contribution in [1.29, 1.82) is 0 Å². The highest BCUT2D eigenvalue weighted by Crippen LogP contribution is 2.51. The highest BCUT2D eigenvalue weighted by atomic mass is 31.2. The van der Waals surface area contributed by atoms with Crippen LogP contribution in [0.4, 0.5) is 4.39 Å². The summed E-state index contributed by atoms with van der Waals surface area (Å²) in [4.78, 5) is 34.3. The lowest BCUT2D eigenvalue weighted by Gasteiger charge is -2.42. The van der Waals surface area contributed by atoms with E-state index in [9.17, 15) is 18.5 Å². The van der Waals surface area contributed by atoms with E-state index < -0.39 is 33.5 Å². The number of carbonyl (C=O) groups excluding carboxylic acids is 2. The molecule has 1 aliphatic heterocycles. The number of nitrogens with zero attached hydrogens (tertiary/aromatic N) is 2. The molecular formula is C33H44FN2O7PSi. The third-order valence-corrected chi connectivity index (χ3v) is 16.4. The van der Waals surface area contributed by atoms with Crippen molar-refractivity contribution in [2.45, 2.75) is 78.6 Å². The van der Waals surface area contributed by atoms with Crippen molar-refractivity contribution >= 4 is 38.6 Å². The first-order chi connectivity index (χ1) is 21.3. The number of aromatic nitrogens is 1. The third-order valence-electron chi connectivity index (χ3n) is 8.39. The topological polar surface area (TPSA) is 104 Å². The number of hydrogen-bond donors (Lipinski definition) is 0. The summed E-state index contributed by atoms with van der Waals surface area (Å²) in [7, 11) is -6.09. The maximum atomic E-state index is 14.3. The fraction of sp³-hybridized carbons (Fsp3) is 0.485. The molecule has 244 valence electrons. The van der Waals surface area contributed by atoms with Crippen LogP contribution in [0.15, 0.2) is 42.6 Å². The summed E-state index contributed by atoms with van der Waals surface area (Å²) in [6.45, 7) is 16.5. The molecule has 0 N–H and O–H groups in total. The van der Waals surface area contributed by atoms with E-state index in [1.165, 1.54) is 12.1 Å². The minimum absolute atomic E-state index is 0.0606. The van der Waals surface area contributed by atoms with Crippen LogP contribution in [0.2, 0.25) is 16.6 Å². The molecule has 0 bridgehead atoms. The molecule has 1 aliphatic rings. The lowest BCUT2D eigenvalue weighted by Crippen LogP contribution is -2.51. The first kappa shape index (κ1) is 34.8. The van der Waals surface area contributed by atoms with Gasteiger partial charge in [-0.15, -0.1) is 0 Å². The van der Waals surface area contributed by atoms with Gasteiger partial charge < -0.3 is 18.2 Å². The van der Waals surface area contributed by atoms with Crippen molar-refractivity contribution in [1.82, 2.24) is 9.88 Å². The molecule has 9 nitrogen and oxygen atoms in total. The fourth-order valence-corrected chi connectivity index (χ4v) is 13.2. The van der Waals surface area contributed by atoms with Crippen molar-refractivity contribution in [2.75, 3.05) is 26.0 Å². The first-order valence-electron chi connectivity index (χ1n) is 15.6. The van der Waals surface area contributed by atoms with Gasteiger partial charge in [-0.05, 0) is 60.3 Å². The van der Waals surface area contributed by atoms with Gasteiger partial charge in [0.2, 0.25) is 0 Å². The predicted octanol–water partition coefficient (Wildman–Crippen LogP) is 8.37. The zero-order chi connectivity index (χ0) is 33.1. The van der Waals surface area contributed by atoms with Crippen molar-refractivity contribution < 1.29 is 36.8 Å². The highest BCUT2D eigenvalue weighted by Gasteiger charge is 2.50. The van der Waals surface area contributed by atoms with E-state index >= 15 is 0 Å². The van der Waals surface area contributed by atoms with Crippen LogP contribution in [0.25, 0.3) is 10.9 Å². The molecule has 0 aliphatic carbocycles. The second-order valence-electron chi connectivity index (χ2n) is 12.1. The molecule has 2 amide bonds.